The van der Waals surface area contributed by atoms with Crippen LogP contribution in [-0.2, 0) is 16.6 Å². The molecule has 0 unspecified atom stereocenters. The van der Waals surface area contributed by atoms with Crippen LogP contribution in [0.4, 0.5) is 11.4 Å². The Balaban J connectivity index is 1.41. The normalized spacial score (nSPS) is 11.0. The minimum atomic E-state index is -3.48. The molecule has 4 aromatic carbocycles. The molecular weight excluding hydrogens is 460 g/mol. The standard InChI is InChI=1S/C28H26N2O4S/c1-21-7-6-8-25(19-21)30(35(2,32)33)20-22-11-13-23(14-12-22)28(31)29-24-15-17-27(18-16-24)34-26-9-4-3-5-10-26/h3-19H,20H2,1-2H3,(H,29,31). The molecular formula is C28H26N2O4S. The molecule has 1 amide bonds. The van der Waals surface area contributed by atoms with Crippen molar-refractivity contribution in [2.24, 2.45) is 0 Å². The van der Waals surface area contributed by atoms with Gasteiger partial charge in [-0.15, -0.1) is 0 Å². The first kappa shape index (κ1) is 24.0. The summed E-state index contributed by atoms with van der Waals surface area (Å²) in [6.07, 6.45) is 1.19. The largest absolute Gasteiger partial charge is 0.457 e. The average molecular weight is 487 g/mol. The van der Waals surface area contributed by atoms with Crippen molar-refractivity contribution in [2.45, 2.75) is 13.5 Å². The quantitative estimate of drug-likeness (QED) is 0.331. The molecule has 0 fully saturated rings. The number of carbonyl (C=O) groups is 1. The van der Waals surface area contributed by atoms with E-state index in [1.807, 2.05) is 55.5 Å². The number of benzene rings is 4. The third kappa shape index (κ3) is 6.49. The summed E-state index contributed by atoms with van der Waals surface area (Å²) in [4.78, 5) is 12.7. The number of sulfonamides is 1. The molecule has 0 bridgehead atoms. The second kappa shape index (κ2) is 10.4. The van der Waals surface area contributed by atoms with Gasteiger partial charge in [-0.2, -0.15) is 0 Å². The van der Waals surface area contributed by atoms with Crippen LogP contribution >= 0.6 is 0 Å². The molecule has 0 radical (unpaired) electrons. The first-order valence-electron chi connectivity index (χ1n) is 11.1. The van der Waals surface area contributed by atoms with Gasteiger partial charge in [-0.1, -0.05) is 42.5 Å². The number of amides is 1. The molecule has 0 saturated heterocycles. The van der Waals surface area contributed by atoms with Crippen LogP contribution in [0.3, 0.4) is 0 Å². The van der Waals surface area contributed by atoms with Gasteiger partial charge in [-0.05, 0) is 78.7 Å². The molecule has 4 rings (SSSR count). The zero-order chi connectivity index (χ0) is 24.8. The summed E-state index contributed by atoms with van der Waals surface area (Å²) in [5, 5.41) is 2.87. The number of rotatable bonds is 8. The topological polar surface area (TPSA) is 75.7 Å². The number of para-hydroxylation sites is 1. The average Bonchev–Trinajstić information content (AvgIpc) is 2.84. The van der Waals surface area contributed by atoms with E-state index in [4.69, 9.17) is 4.74 Å². The van der Waals surface area contributed by atoms with Gasteiger partial charge in [-0.25, -0.2) is 8.42 Å². The Hall–Kier alpha value is -4.10. The molecule has 1 N–H and O–H groups in total. The maximum atomic E-state index is 12.7. The van der Waals surface area contributed by atoms with Crippen LogP contribution in [0, 0.1) is 6.92 Å². The minimum Gasteiger partial charge on any atom is -0.457 e. The number of nitrogens with one attached hydrogen (secondary N) is 1. The van der Waals surface area contributed by atoms with Crippen molar-refractivity contribution in [1.29, 1.82) is 0 Å². The Morgan fingerprint density at radius 2 is 1.49 bits per heavy atom. The summed E-state index contributed by atoms with van der Waals surface area (Å²) in [5.74, 6) is 1.15. The van der Waals surface area contributed by atoms with Gasteiger partial charge in [0.15, 0.2) is 0 Å². The SMILES string of the molecule is Cc1cccc(N(Cc2ccc(C(=O)Nc3ccc(Oc4ccccc4)cc3)cc2)S(C)(=O)=O)c1. The van der Waals surface area contributed by atoms with Crippen LogP contribution in [-0.4, -0.2) is 20.6 Å². The second-order valence-corrected chi connectivity index (χ2v) is 10.1. The van der Waals surface area contributed by atoms with Crippen molar-refractivity contribution in [2.75, 3.05) is 15.9 Å². The zero-order valence-corrected chi connectivity index (χ0v) is 20.3. The molecule has 0 aromatic heterocycles. The lowest BCUT2D eigenvalue weighted by Gasteiger charge is -2.23. The smallest absolute Gasteiger partial charge is 0.255 e. The molecule has 6 nitrogen and oxygen atoms in total. The molecule has 0 aliphatic heterocycles. The number of hydrogen-bond acceptors (Lipinski definition) is 4. The van der Waals surface area contributed by atoms with Crippen LogP contribution in [0.25, 0.3) is 0 Å². The van der Waals surface area contributed by atoms with Gasteiger partial charge >= 0.3 is 0 Å². The lowest BCUT2D eigenvalue weighted by molar-refractivity contribution is 0.102. The Morgan fingerprint density at radius 3 is 2.11 bits per heavy atom. The summed E-state index contributed by atoms with van der Waals surface area (Å²) < 4.78 is 31.9. The van der Waals surface area contributed by atoms with E-state index < -0.39 is 10.0 Å². The highest BCUT2D eigenvalue weighted by Crippen LogP contribution is 2.24. The van der Waals surface area contributed by atoms with E-state index in [2.05, 4.69) is 5.32 Å². The van der Waals surface area contributed by atoms with E-state index in [-0.39, 0.29) is 12.5 Å². The van der Waals surface area contributed by atoms with Gasteiger partial charge in [0, 0.05) is 11.3 Å². The van der Waals surface area contributed by atoms with Gasteiger partial charge < -0.3 is 10.1 Å². The van der Waals surface area contributed by atoms with E-state index in [0.29, 0.717) is 22.7 Å². The summed E-state index contributed by atoms with van der Waals surface area (Å²) in [6.45, 7) is 2.09. The predicted molar refractivity (Wildman–Crippen MR) is 140 cm³/mol. The monoisotopic (exact) mass is 486 g/mol. The van der Waals surface area contributed by atoms with Crippen molar-refractivity contribution in [3.63, 3.8) is 0 Å². The molecule has 0 heterocycles. The molecule has 0 aliphatic carbocycles. The number of anilines is 2. The van der Waals surface area contributed by atoms with Crippen LogP contribution in [0.5, 0.6) is 11.5 Å². The van der Waals surface area contributed by atoms with Crippen LogP contribution in [0.2, 0.25) is 0 Å². The fraction of sp³-hybridized carbons (Fsp3) is 0.107. The lowest BCUT2D eigenvalue weighted by atomic mass is 10.1. The highest BCUT2D eigenvalue weighted by atomic mass is 32.2. The van der Waals surface area contributed by atoms with Crippen molar-refractivity contribution < 1.29 is 17.9 Å². The maximum Gasteiger partial charge on any atom is 0.255 e. The summed E-state index contributed by atoms with van der Waals surface area (Å²) >= 11 is 0. The lowest BCUT2D eigenvalue weighted by Crippen LogP contribution is -2.29. The Kier molecular flexibility index (Phi) is 7.17. The number of carbonyl (C=O) groups excluding carboxylic acids is 1. The number of aryl methyl sites for hydroxylation is 1. The molecule has 0 aliphatic rings. The first-order valence-corrected chi connectivity index (χ1v) is 12.9. The highest BCUT2D eigenvalue weighted by molar-refractivity contribution is 7.92. The minimum absolute atomic E-state index is 0.174. The Labute approximate surface area is 205 Å². The van der Waals surface area contributed by atoms with Crippen molar-refractivity contribution in [3.05, 3.63) is 120 Å². The molecule has 4 aromatic rings. The zero-order valence-electron chi connectivity index (χ0n) is 19.5. The predicted octanol–water partition coefficient (Wildman–Crippen LogP) is 6.01. The van der Waals surface area contributed by atoms with E-state index in [1.165, 1.54) is 10.6 Å². The maximum absolute atomic E-state index is 12.7. The van der Waals surface area contributed by atoms with Gasteiger partial charge in [0.05, 0.1) is 18.5 Å². The molecule has 7 heteroatoms. The molecule has 0 spiro atoms. The fourth-order valence-corrected chi connectivity index (χ4v) is 4.42. The van der Waals surface area contributed by atoms with Crippen molar-refractivity contribution in [1.82, 2.24) is 0 Å². The van der Waals surface area contributed by atoms with Gasteiger partial charge in [0.1, 0.15) is 11.5 Å². The van der Waals surface area contributed by atoms with E-state index >= 15 is 0 Å². The van der Waals surface area contributed by atoms with Gasteiger partial charge in [-0.3, -0.25) is 9.10 Å². The van der Waals surface area contributed by atoms with Gasteiger partial charge in [0.2, 0.25) is 10.0 Å². The molecule has 0 atom stereocenters. The third-order valence-electron chi connectivity index (χ3n) is 5.32. The Bertz CT molecular complexity index is 1400. The number of hydrogen-bond donors (Lipinski definition) is 1. The van der Waals surface area contributed by atoms with Crippen LogP contribution in [0.15, 0.2) is 103 Å². The van der Waals surface area contributed by atoms with E-state index in [1.54, 1.807) is 54.6 Å². The summed E-state index contributed by atoms with van der Waals surface area (Å²) in [5.41, 5.74) is 3.47. The first-order chi connectivity index (χ1) is 16.8. The molecule has 0 saturated carbocycles. The molecule has 178 valence electrons. The van der Waals surface area contributed by atoms with Crippen LogP contribution in [0.1, 0.15) is 21.5 Å². The van der Waals surface area contributed by atoms with E-state index in [9.17, 15) is 13.2 Å². The highest BCUT2D eigenvalue weighted by Gasteiger charge is 2.18. The van der Waals surface area contributed by atoms with Crippen molar-refractivity contribution in [3.8, 4) is 11.5 Å². The Morgan fingerprint density at radius 1 is 0.829 bits per heavy atom. The third-order valence-corrected chi connectivity index (χ3v) is 6.46. The molecule has 35 heavy (non-hydrogen) atoms. The van der Waals surface area contributed by atoms with Crippen LogP contribution < -0.4 is 14.4 Å². The fourth-order valence-electron chi connectivity index (χ4n) is 3.54. The van der Waals surface area contributed by atoms with Gasteiger partial charge in [0.25, 0.3) is 5.91 Å². The second-order valence-electron chi connectivity index (χ2n) is 8.20. The number of ether oxygens (including phenoxy) is 1. The van der Waals surface area contributed by atoms with Crippen molar-refractivity contribution >= 4 is 27.3 Å². The number of nitrogens with zero attached hydrogens (tertiary/aromatic N) is 1. The summed E-state index contributed by atoms with van der Waals surface area (Å²) in [6, 6.07) is 30.8. The van der Waals surface area contributed by atoms with E-state index in [0.717, 1.165) is 16.9 Å². The summed E-state index contributed by atoms with van der Waals surface area (Å²) in [7, 11) is -3.48.